The fourth-order valence-electron chi connectivity index (χ4n) is 2.37. The lowest BCUT2D eigenvalue weighted by Gasteiger charge is -2.20. The summed E-state index contributed by atoms with van der Waals surface area (Å²) in [4.78, 5) is 0.0358. The van der Waals surface area contributed by atoms with E-state index < -0.39 is 0 Å². The van der Waals surface area contributed by atoms with Crippen molar-refractivity contribution in [3.05, 3.63) is 62.1 Å². The fraction of sp³-hybridized carbons (Fsp3) is 0.250. The second-order valence-electron chi connectivity index (χ2n) is 4.68. The van der Waals surface area contributed by atoms with Crippen LogP contribution in [0.4, 0.5) is 0 Å². The van der Waals surface area contributed by atoms with Gasteiger partial charge in [-0.3, -0.25) is 0 Å². The van der Waals surface area contributed by atoms with E-state index in [4.69, 9.17) is 16.3 Å². The smallest absolute Gasteiger partial charge is 0.137 e. The van der Waals surface area contributed by atoms with E-state index in [0.29, 0.717) is 5.02 Å². The highest BCUT2D eigenvalue weighted by atomic mass is 79.9. The summed E-state index contributed by atoms with van der Waals surface area (Å²) in [6.45, 7) is 4.23. The lowest BCUT2D eigenvalue weighted by atomic mass is 9.95. The second-order valence-corrected chi connectivity index (χ2v) is 6.88. The van der Waals surface area contributed by atoms with Crippen LogP contribution in [0.1, 0.15) is 27.1 Å². The number of alkyl halides is 1. The van der Waals surface area contributed by atoms with Crippen molar-refractivity contribution in [2.75, 3.05) is 7.11 Å². The zero-order valence-corrected chi connectivity index (χ0v) is 15.4. The summed E-state index contributed by atoms with van der Waals surface area (Å²) in [6.07, 6.45) is 0. The largest absolute Gasteiger partial charge is 0.495 e. The van der Waals surface area contributed by atoms with E-state index in [1.807, 2.05) is 12.1 Å². The molecule has 1 nitrogen and oxygen atoms in total. The predicted octanol–water partition coefficient (Wildman–Crippen LogP) is 6.21. The number of methoxy groups -OCH3 is 1. The summed E-state index contributed by atoms with van der Waals surface area (Å²) in [7, 11) is 1.67. The molecule has 0 spiro atoms. The number of benzene rings is 2. The molecule has 0 heterocycles. The molecular weight excluding hydrogens is 403 g/mol. The van der Waals surface area contributed by atoms with Crippen molar-refractivity contribution in [2.24, 2.45) is 0 Å². The van der Waals surface area contributed by atoms with Gasteiger partial charge in [-0.05, 0) is 58.6 Å². The average molecular weight is 419 g/mol. The topological polar surface area (TPSA) is 9.23 Å². The first-order valence-electron chi connectivity index (χ1n) is 6.18. The van der Waals surface area contributed by atoms with Crippen LogP contribution in [-0.4, -0.2) is 7.11 Å². The standard InChI is InChI=1S/C16H15Br2ClO/c1-9-5-4-6-10(2)14(9)15(18)12-7-11(19)8-13(17)16(12)20-3/h4-8,15H,1-3H3. The molecule has 0 aliphatic rings. The molecule has 0 N–H and O–H groups in total. The Kier molecular flexibility index (Phi) is 5.16. The lowest BCUT2D eigenvalue weighted by Crippen LogP contribution is -2.02. The Morgan fingerprint density at radius 3 is 2.30 bits per heavy atom. The number of rotatable bonds is 3. The predicted molar refractivity (Wildman–Crippen MR) is 92.4 cm³/mol. The normalized spacial score (nSPS) is 12.3. The molecule has 2 aromatic rings. The maximum Gasteiger partial charge on any atom is 0.137 e. The summed E-state index contributed by atoms with van der Waals surface area (Å²) in [6, 6.07) is 10.1. The van der Waals surface area contributed by atoms with E-state index >= 15 is 0 Å². The third kappa shape index (κ3) is 3.05. The fourth-order valence-corrected chi connectivity index (χ4v) is 4.42. The van der Waals surface area contributed by atoms with Gasteiger partial charge in [-0.15, -0.1) is 0 Å². The van der Waals surface area contributed by atoms with Crippen molar-refractivity contribution in [1.82, 2.24) is 0 Å². The maximum atomic E-state index is 6.18. The number of hydrogen-bond acceptors (Lipinski definition) is 1. The van der Waals surface area contributed by atoms with E-state index in [1.165, 1.54) is 16.7 Å². The SMILES string of the molecule is COc1c(Br)cc(Cl)cc1C(Br)c1c(C)cccc1C. The van der Waals surface area contributed by atoms with E-state index in [-0.39, 0.29) is 4.83 Å². The quantitative estimate of drug-likeness (QED) is 0.538. The Labute approximate surface area is 141 Å². The highest BCUT2D eigenvalue weighted by Crippen LogP contribution is 2.43. The molecule has 1 unspecified atom stereocenters. The van der Waals surface area contributed by atoms with Crippen molar-refractivity contribution < 1.29 is 4.74 Å². The number of halogens is 3. The van der Waals surface area contributed by atoms with Crippen LogP contribution in [0.15, 0.2) is 34.8 Å². The van der Waals surface area contributed by atoms with Gasteiger partial charge in [-0.2, -0.15) is 0 Å². The molecule has 106 valence electrons. The van der Waals surface area contributed by atoms with E-state index in [2.05, 4.69) is 63.9 Å². The van der Waals surface area contributed by atoms with Crippen molar-refractivity contribution in [3.8, 4) is 5.75 Å². The van der Waals surface area contributed by atoms with Gasteiger partial charge < -0.3 is 4.74 Å². The van der Waals surface area contributed by atoms with Crippen LogP contribution in [0.25, 0.3) is 0 Å². The van der Waals surface area contributed by atoms with Gasteiger partial charge in [-0.25, -0.2) is 0 Å². The number of hydrogen-bond donors (Lipinski definition) is 0. The summed E-state index contributed by atoms with van der Waals surface area (Å²) < 4.78 is 6.38. The van der Waals surface area contributed by atoms with Crippen LogP contribution in [-0.2, 0) is 0 Å². The first-order valence-corrected chi connectivity index (χ1v) is 8.27. The van der Waals surface area contributed by atoms with E-state index in [0.717, 1.165) is 15.8 Å². The first kappa shape index (κ1) is 15.9. The molecule has 2 aromatic carbocycles. The van der Waals surface area contributed by atoms with Crippen molar-refractivity contribution in [3.63, 3.8) is 0 Å². The molecule has 0 aliphatic carbocycles. The van der Waals surface area contributed by atoms with Crippen molar-refractivity contribution in [1.29, 1.82) is 0 Å². The minimum atomic E-state index is 0.0358. The summed E-state index contributed by atoms with van der Waals surface area (Å²) in [5.74, 6) is 0.805. The van der Waals surface area contributed by atoms with Gasteiger partial charge in [0.25, 0.3) is 0 Å². The molecule has 20 heavy (non-hydrogen) atoms. The molecule has 0 saturated heterocycles. The molecule has 4 heteroatoms. The Morgan fingerprint density at radius 2 is 1.75 bits per heavy atom. The third-order valence-corrected chi connectivity index (χ3v) is 5.07. The zero-order valence-electron chi connectivity index (χ0n) is 11.5. The number of ether oxygens (including phenoxy) is 1. The maximum absolute atomic E-state index is 6.18. The van der Waals surface area contributed by atoms with E-state index in [9.17, 15) is 0 Å². The molecule has 0 aliphatic heterocycles. The molecule has 0 fully saturated rings. The molecule has 0 amide bonds. The van der Waals surface area contributed by atoms with Crippen LogP contribution < -0.4 is 4.74 Å². The minimum Gasteiger partial charge on any atom is -0.495 e. The highest BCUT2D eigenvalue weighted by molar-refractivity contribution is 9.10. The summed E-state index contributed by atoms with van der Waals surface area (Å²) in [5, 5.41) is 0.684. The van der Waals surface area contributed by atoms with Gasteiger partial charge in [0, 0.05) is 10.6 Å². The van der Waals surface area contributed by atoms with E-state index in [1.54, 1.807) is 7.11 Å². The average Bonchev–Trinajstić information content (AvgIpc) is 2.37. The van der Waals surface area contributed by atoms with Crippen LogP contribution in [0.3, 0.4) is 0 Å². The van der Waals surface area contributed by atoms with Crippen molar-refractivity contribution in [2.45, 2.75) is 18.7 Å². The summed E-state index contributed by atoms with van der Waals surface area (Å²) >= 11 is 13.5. The molecule has 2 rings (SSSR count). The van der Waals surface area contributed by atoms with Crippen LogP contribution in [0.2, 0.25) is 5.02 Å². The molecule has 0 radical (unpaired) electrons. The minimum absolute atomic E-state index is 0.0358. The number of aryl methyl sites for hydroxylation is 2. The zero-order chi connectivity index (χ0) is 14.9. The lowest BCUT2D eigenvalue weighted by molar-refractivity contribution is 0.407. The second kappa shape index (κ2) is 6.50. The molecular formula is C16H15Br2ClO. The Balaban J connectivity index is 2.62. The van der Waals surface area contributed by atoms with Crippen LogP contribution >= 0.6 is 43.5 Å². The van der Waals surface area contributed by atoms with Crippen LogP contribution in [0.5, 0.6) is 5.75 Å². The molecule has 1 atom stereocenters. The van der Waals surface area contributed by atoms with Gasteiger partial charge in [0.1, 0.15) is 5.75 Å². The Morgan fingerprint density at radius 1 is 1.15 bits per heavy atom. The van der Waals surface area contributed by atoms with Gasteiger partial charge in [0.05, 0.1) is 16.4 Å². The Bertz CT molecular complexity index is 620. The van der Waals surface area contributed by atoms with Gasteiger partial charge >= 0.3 is 0 Å². The summed E-state index contributed by atoms with van der Waals surface area (Å²) in [5.41, 5.74) is 4.75. The molecule has 0 saturated carbocycles. The monoisotopic (exact) mass is 416 g/mol. The first-order chi connectivity index (χ1) is 9.45. The van der Waals surface area contributed by atoms with Gasteiger partial charge in [-0.1, -0.05) is 45.7 Å². The Hall–Kier alpha value is -0.510. The van der Waals surface area contributed by atoms with Gasteiger partial charge in [0.2, 0.25) is 0 Å². The van der Waals surface area contributed by atoms with Crippen molar-refractivity contribution >= 4 is 43.5 Å². The highest BCUT2D eigenvalue weighted by Gasteiger charge is 2.21. The van der Waals surface area contributed by atoms with Crippen LogP contribution in [0, 0.1) is 13.8 Å². The third-order valence-electron chi connectivity index (χ3n) is 3.31. The molecule has 0 aromatic heterocycles. The van der Waals surface area contributed by atoms with Gasteiger partial charge in [0.15, 0.2) is 0 Å². The molecule has 0 bridgehead atoms.